The second-order valence-electron chi connectivity index (χ2n) is 8.58. The summed E-state index contributed by atoms with van der Waals surface area (Å²) in [6.45, 7) is -1.58. The van der Waals surface area contributed by atoms with E-state index in [1.54, 1.807) is 12.1 Å². The highest BCUT2D eigenvalue weighted by atomic mass is 35.5. The molecule has 0 radical (unpaired) electrons. The number of allylic oxidation sites excluding steroid dienone is 1. The Morgan fingerprint density at radius 1 is 1.16 bits per heavy atom. The van der Waals surface area contributed by atoms with Gasteiger partial charge in [0.1, 0.15) is 11.1 Å². The maximum Gasteiger partial charge on any atom is 0.400 e. The average molecular weight is 565 g/mol. The molecule has 2 aromatic carbocycles. The van der Waals surface area contributed by atoms with Gasteiger partial charge in [-0.15, -0.1) is 0 Å². The summed E-state index contributed by atoms with van der Waals surface area (Å²) in [5, 5.41) is 0.364. The van der Waals surface area contributed by atoms with Gasteiger partial charge in [0.25, 0.3) is 0 Å². The van der Waals surface area contributed by atoms with E-state index >= 15 is 0 Å². The van der Waals surface area contributed by atoms with Gasteiger partial charge < -0.3 is 18.9 Å². The van der Waals surface area contributed by atoms with Crippen molar-refractivity contribution in [3.63, 3.8) is 0 Å². The van der Waals surface area contributed by atoms with Crippen LogP contribution in [0.3, 0.4) is 0 Å². The van der Waals surface area contributed by atoms with E-state index < -0.39 is 30.8 Å². The van der Waals surface area contributed by atoms with Crippen LogP contribution >= 0.6 is 23.2 Å². The Bertz CT molecular complexity index is 1290. The number of esters is 2. The Morgan fingerprint density at radius 3 is 2.55 bits per heavy atom. The topological polar surface area (TPSA) is 85.2 Å². The van der Waals surface area contributed by atoms with Crippen molar-refractivity contribution in [2.45, 2.75) is 45.0 Å². The zero-order chi connectivity index (χ0) is 27.2. The third-order valence-corrected chi connectivity index (χ3v) is 6.31. The minimum Gasteiger partial charge on any atom is -0.489 e. The molecule has 0 saturated heterocycles. The van der Waals surface area contributed by atoms with E-state index in [1.165, 1.54) is 30.5 Å². The van der Waals surface area contributed by atoms with E-state index in [0.29, 0.717) is 23.7 Å². The zero-order valence-corrected chi connectivity index (χ0v) is 21.6. The third-order valence-electron chi connectivity index (χ3n) is 5.66. The first-order valence-corrected chi connectivity index (χ1v) is 12.4. The van der Waals surface area contributed by atoms with Crippen LogP contribution in [-0.2, 0) is 19.1 Å². The van der Waals surface area contributed by atoms with Crippen molar-refractivity contribution in [1.29, 1.82) is 0 Å². The minimum atomic E-state index is -3.06. The van der Waals surface area contributed by atoms with Gasteiger partial charge in [-0.1, -0.05) is 40.5 Å². The number of carbonyl (C=O) groups excluding carboxylic acids is 2. The molecule has 7 nitrogen and oxygen atoms in total. The van der Waals surface area contributed by atoms with E-state index in [-0.39, 0.29) is 33.7 Å². The van der Waals surface area contributed by atoms with Gasteiger partial charge in [0.15, 0.2) is 11.5 Å². The van der Waals surface area contributed by atoms with Crippen LogP contribution in [0, 0.1) is 18.1 Å². The molecular weight excluding hydrogens is 543 g/mol. The highest BCUT2D eigenvalue weighted by molar-refractivity contribution is 6.71. The van der Waals surface area contributed by atoms with Crippen molar-refractivity contribution in [2.24, 2.45) is 5.92 Å². The molecule has 0 spiro atoms. The first-order chi connectivity index (χ1) is 18.2. The number of hydrogen-bond acceptors (Lipinski definition) is 6. The molecule has 2 unspecified atom stereocenters. The average Bonchev–Trinajstić information content (AvgIpc) is 3.66. The standard InChI is InChI=1S/C27H22Cl2F2NO6/c1-15(33)36-24(17-5-3-2-4-6-17)26(34)37-22(12-19-20(28)13-32-25(19)29)18-9-10-21(38-27(30)31)23(11-18)35-14-16-7-8-16/h2-3,5,9-11,13,16,22,24,27H,7-8,12,14H2,1H3/q+1. The molecule has 1 saturated carbocycles. The van der Waals surface area contributed by atoms with Gasteiger partial charge in [-0.3, -0.25) is 4.79 Å². The SMILES string of the molecule is CC(=O)OC(C(=O)OC(CC1=C(Cl)C=[N+]=C1Cl)c1ccc(OC(F)F)c(OCC2CC2)c1)c1c#cccc1. The first kappa shape index (κ1) is 27.5. The van der Waals surface area contributed by atoms with Crippen LogP contribution in [0.4, 0.5) is 8.78 Å². The van der Waals surface area contributed by atoms with Crippen LogP contribution in [0.5, 0.6) is 11.5 Å². The Kier molecular flexibility index (Phi) is 8.90. The van der Waals surface area contributed by atoms with Crippen LogP contribution in [0.1, 0.15) is 49.5 Å². The Labute approximate surface area is 227 Å². The van der Waals surface area contributed by atoms with Crippen LogP contribution in [-0.4, -0.2) is 36.5 Å². The summed E-state index contributed by atoms with van der Waals surface area (Å²) >= 11 is 12.5. The van der Waals surface area contributed by atoms with E-state index in [9.17, 15) is 18.4 Å². The van der Waals surface area contributed by atoms with Crippen molar-refractivity contribution in [3.8, 4) is 11.5 Å². The maximum atomic E-state index is 13.3. The lowest BCUT2D eigenvalue weighted by molar-refractivity contribution is -0.171. The molecule has 1 aliphatic heterocycles. The molecule has 2 atom stereocenters. The summed E-state index contributed by atoms with van der Waals surface area (Å²) in [6.07, 6.45) is 0.838. The van der Waals surface area contributed by atoms with Crippen LogP contribution in [0.15, 0.2) is 47.0 Å². The molecule has 198 valence electrons. The number of carbonyl (C=O) groups is 2. The van der Waals surface area contributed by atoms with Gasteiger partial charge in [0, 0.05) is 24.9 Å². The largest absolute Gasteiger partial charge is 0.489 e. The van der Waals surface area contributed by atoms with Gasteiger partial charge in [-0.2, -0.15) is 8.78 Å². The molecule has 1 heterocycles. The van der Waals surface area contributed by atoms with Crippen molar-refractivity contribution in [1.82, 2.24) is 4.67 Å². The van der Waals surface area contributed by atoms with Crippen LogP contribution in [0.2, 0.25) is 0 Å². The zero-order valence-electron chi connectivity index (χ0n) is 20.1. The molecule has 0 aromatic heterocycles. The second kappa shape index (κ2) is 12.3. The molecule has 1 aliphatic carbocycles. The molecule has 0 N–H and O–H groups in total. The van der Waals surface area contributed by atoms with E-state index in [0.717, 1.165) is 19.8 Å². The molecule has 1 fully saturated rings. The highest BCUT2D eigenvalue weighted by Crippen LogP contribution is 2.38. The van der Waals surface area contributed by atoms with E-state index in [2.05, 4.69) is 21.5 Å². The number of halogens is 4. The van der Waals surface area contributed by atoms with Gasteiger partial charge >= 0.3 is 29.9 Å². The number of alkyl halides is 2. The van der Waals surface area contributed by atoms with Gasteiger partial charge in [-0.25, -0.2) is 4.79 Å². The lowest BCUT2D eigenvalue weighted by Crippen LogP contribution is -2.23. The fourth-order valence-corrected chi connectivity index (χ4v) is 4.10. The van der Waals surface area contributed by atoms with E-state index in [1.807, 2.05) is 0 Å². The van der Waals surface area contributed by atoms with Gasteiger partial charge in [-0.05, 0) is 48.6 Å². The molecule has 0 amide bonds. The highest BCUT2D eigenvalue weighted by Gasteiger charge is 2.34. The molecule has 2 aromatic rings. The molecule has 4 rings (SSSR count). The fourth-order valence-electron chi connectivity index (χ4n) is 3.61. The number of ether oxygens (including phenoxy) is 4. The fraction of sp³-hybridized carbons (Fsp3) is 0.333. The first-order valence-electron chi connectivity index (χ1n) is 11.6. The second-order valence-corrected chi connectivity index (χ2v) is 9.35. The minimum absolute atomic E-state index is 0.0159. The van der Waals surface area contributed by atoms with Crippen molar-refractivity contribution < 1.29 is 37.3 Å². The monoisotopic (exact) mass is 564 g/mol. The summed E-state index contributed by atoms with van der Waals surface area (Å²) in [5.41, 5.74) is 1.01. The number of rotatable bonds is 12. The Balaban J connectivity index is 1.67. The van der Waals surface area contributed by atoms with Crippen molar-refractivity contribution in [2.75, 3.05) is 6.61 Å². The maximum absolute atomic E-state index is 13.3. The smallest absolute Gasteiger partial charge is 0.400 e. The summed E-state index contributed by atoms with van der Waals surface area (Å²) in [4.78, 5) is 25.1. The molecule has 2 aliphatic rings. The normalized spacial score (nSPS) is 16.0. The number of hydrogen-bond donors (Lipinski definition) is 0. The summed E-state index contributed by atoms with van der Waals surface area (Å²) in [5.74, 6) is -1.37. The van der Waals surface area contributed by atoms with Gasteiger partial charge in [0.05, 0.1) is 17.7 Å². The van der Waals surface area contributed by atoms with Gasteiger partial charge in [0.2, 0.25) is 6.10 Å². The summed E-state index contributed by atoms with van der Waals surface area (Å²) < 4.78 is 51.4. The predicted molar refractivity (Wildman–Crippen MR) is 135 cm³/mol. The van der Waals surface area contributed by atoms with Crippen molar-refractivity contribution >= 4 is 46.5 Å². The Morgan fingerprint density at radius 2 is 1.95 bits per heavy atom. The summed E-state index contributed by atoms with van der Waals surface area (Å²) in [7, 11) is 0. The molecular formula is C27H22Cl2F2NO6+. The van der Waals surface area contributed by atoms with Crippen LogP contribution < -0.4 is 14.1 Å². The van der Waals surface area contributed by atoms with Crippen LogP contribution in [0.25, 0.3) is 0 Å². The molecule has 38 heavy (non-hydrogen) atoms. The number of benzene rings is 1. The lowest BCUT2D eigenvalue weighted by Gasteiger charge is -2.23. The third kappa shape index (κ3) is 7.26. The molecule has 0 bridgehead atoms. The Hall–Kier alpha value is -3.57. The predicted octanol–water partition coefficient (Wildman–Crippen LogP) is 5.24. The quantitative estimate of drug-likeness (QED) is 0.259. The summed E-state index contributed by atoms with van der Waals surface area (Å²) in [6, 6.07) is 14.4. The molecule has 11 heteroatoms. The number of nitrogens with zero attached hydrogens (tertiary/aromatic N) is 1. The lowest BCUT2D eigenvalue weighted by atomic mass is 10.0. The van der Waals surface area contributed by atoms with Crippen molar-refractivity contribution in [3.05, 3.63) is 70.3 Å². The van der Waals surface area contributed by atoms with E-state index in [4.69, 9.17) is 37.4 Å².